The van der Waals surface area contributed by atoms with Crippen molar-refractivity contribution in [2.24, 2.45) is 11.7 Å². The van der Waals surface area contributed by atoms with E-state index < -0.39 is 15.7 Å². The van der Waals surface area contributed by atoms with Crippen molar-refractivity contribution in [3.8, 4) is 23.2 Å². The molecular formula is C25H31N7O3S. The molecular weight excluding hydrogens is 478 g/mol. The Labute approximate surface area is 211 Å². The molecule has 1 saturated carbocycles. The molecule has 4 heterocycles. The lowest BCUT2D eigenvalue weighted by atomic mass is 9.96. The SMILES string of the molecule is CC(C)NC1=CC(N)(c2ccnc(-c3cnn(S(=O)(=O)C4CC4)c3)n2)NC=C1C#CC1CCOCC1. The second-order valence-electron chi connectivity index (χ2n) is 9.70. The Morgan fingerprint density at radius 2 is 2.06 bits per heavy atom. The molecule has 4 N–H and O–H groups in total. The summed E-state index contributed by atoms with van der Waals surface area (Å²) in [7, 11) is -3.47. The van der Waals surface area contributed by atoms with Crippen LogP contribution in [-0.4, -0.2) is 52.1 Å². The molecule has 0 amide bonds. The van der Waals surface area contributed by atoms with E-state index in [-0.39, 0.29) is 11.3 Å². The minimum absolute atomic E-state index is 0.173. The Kier molecular flexibility index (Phi) is 6.59. The predicted molar refractivity (Wildman–Crippen MR) is 135 cm³/mol. The van der Waals surface area contributed by atoms with Crippen LogP contribution in [0.15, 0.2) is 48.2 Å². The standard InChI is InChI=1S/C25H31N7O3S/c1-17(2)30-22-13-25(26,28-14-19(22)4-3-18-8-11-35-12-9-18)23-7-10-27-24(31-23)20-15-29-32(16-20)36(33,34)21-5-6-21/h7,10,13-18,21,28,30H,5-6,8-9,11-12,26H2,1-2H3. The topological polar surface area (TPSA) is 137 Å². The van der Waals surface area contributed by atoms with Crippen LogP contribution in [0.3, 0.4) is 0 Å². The summed E-state index contributed by atoms with van der Waals surface area (Å²) < 4.78 is 31.5. The highest BCUT2D eigenvalue weighted by Crippen LogP contribution is 2.30. The third kappa shape index (κ3) is 5.16. The molecule has 11 heteroatoms. The van der Waals surface area contributed by atoms with Crippen molar-refractivity contribution in [3.05, 3.63) is 53.9 Å². The van der Waals surface area contributed by atoms with Gasteiger partial charge in [0, 0.05) is 37.6 Å². The number of nitrogens with zero attached hydrogens (tertiary/aromatic N) is 4. The van der Waals surface area contributed by atoms with E-state index in [0.29, 0.717) is 35.8 Å². The van der Waals surface area contributed by atoms with E-state index in [2.05, 4.69) is 51.4 Å². The summed E-state index contributed by atoms with van der Waals surface area (Å²) >= 11 is 0. The Balaban J connectivity index is 1.41. The molecule has 2 aromatic rings. The van der Waals surface area contributed by atoms with E-state index in [1.807, 2.05) is 12.3 Å². The van der Waals surface area contributed by atoms with Crippen molar-refractivity contribution in [1.82, 2.24) is 29.8 Å². The molecule has 1 atom stereocenters. The molecule has 36 heavy (non-hydrogen) atoms. The minimum Gasteiger partial charge on any atom is -0.382 e. The zero-order chi connectivity index (χ0) is 25.3. The van der Waals surface area contributed by atoms with Gasteiger partial charge in [-0.25, -0.2) is 18.4 Å². The maximum Gasteiger partial charge on any atom is 0.256 e. The van der Waals surface area contributed by atoms with Gasteiger partial charge < -0.3 is 21.1 Å². The van der Waals surface area contributed by atoms with Crippen LogP contribution in [0.4, 0.5) is 0 Å². The van der Waals surface area contributed by atoms with Crippen LogP contribution in [0.5, 0.6) is 0 Å². The Morgan fingerprint density at radius 3 is 2.78 bits per heavy atom. The second-order valence-corrected chi connectivity index (χ2v) is 11.8. The van der Waals surface area contributed by atoms with Gasteiger partial charge in [-0.15, -0.1) is 0 Å². The van der Waals surface area contributed by atoms with Crippen LogP contribution in [0.25, 0.3) is 11.4 Å². The number of aromatic nitrogens is 4. The molecule has 5 rings (SSSR count). The van der Waals surface area contributed by atoms with Gasteiger partial charge in [0.1, 0.15) is 0 Å². The van der Waals surface area contributed by atoms with E-state index in [1.54, 1.807) is 12.3 Å². The highest BCUT2D eigenvalue weighted by molar-refractivity contribution is 7.90. The number of hydrogen-bond acceptors (Lipinski definition) is 9. The predicted octanol–water partition coefficient (Wildman–Crippen LogP) is 1.59. The normalized spacial score (nSPS) is 22.8. The first kappa shape index (κ1) is 24.5. The number of allylic oxidation sites excluding steroid dienone is 1. The largest absolute Gasteiger partial charge is 0.382 e. The van der Waals surface area contributed by atoms with Crippen molar-refractivity contribution in [3.63, 3.8) is 0 Å². The third-order valence-electron chi connectivity index (χ3n) is 6.30. The van der Waals surface area contributed by atoms with E-state index in [4.69, 9.17) is 10.5 Å². The van der Waals surface area contributed by atoms with Gasteiger partial charge in [-0.05, 0) is 51.7 Å². The molecule has 1 aliphatic carbocycles. The first-order valence-corrected chi connectivity index (χ1v) is 13.7. The van der Waals surface area contributed by atoms with Crippen LogP contribution in [0, 0.1) is 17.8 Å². The molecule has 0 radical (unpaired) electrons. The van der Waals surface area contributed by atoms with Crippen LogP contribution < -0.4 is 16.4 Å². The molecule has 0 bridgehead atoms. The molecule has 0 spiro atoms. The van der Waals surface area contributed by atoms with E-state index >= 15 is 0 Å². The average Bonchev–Trinajstić information content (AvgIpc) is 3.61. The Morgan fingerprint density at radius 1 is 1.28 bits per heavy atom. The molecule has 2 fully saturated rings. The smallest absolute Gasteiger partial charge is 0.256 e. The molecule has 190 valence electrons. The average molecular weight is 510 g/mol. The number of nitrogens with two attached hydrogens (primary N) is 1. The maximum atomic E-state index is 12.5. The molecule has 10 nitrogen and oxygen atoms in total. The van der Waals surface area contributed by atoms with Crippen molar-refractivity contribution < 1.29 is 13.2 Å². The monoisotopic (exact) mass is 509 g/mol. The number of dihydropyridines is 1. The summed E-state index contributed by atoms with van der Waals surface area (Å²) in [6.07, 6.45) is 11.4. The number of ether oxygens (including phenoxy) is 1. The lowest BCUT2D eigenvalue weighted by molar-refractivity contribution is 0.0807. The molecule has 2 aliphatic heterocycles. The van der Waals surface area contributed by atoms with E-state index in [9.17, 15) is 8.42 Å². The summed E-state index contributed by atoms with van der Waals surface area (Å²) in [4.78, 5) is 8.98. The molecule has 0 aromatic carbocycles. The Bertz CT molecular complexity index is 1360. The Hall–Kier alpha value is -3.20. The molecule has 1 unspecified atom stereocenters. The first-order chi connectivity index (χ1) is 17.2. The fourth-order valence-corrected chi connectivity index (χ4v) is 5.60. The molecule has 2 aromatic heterocycles. The minimum atomic E-state index is -3.47. The lowest BCUT2D eigenvalue weighted by Crippen LogP contribution is -2.50. The highest BCUT2D eigenvalue weighted by Gasteiger charge is 2.38. The van der Waals surface area contributed by atoms with Gasteiger partial charge in [0.25, 0.3) is 10.0 Å². The number of rotatable bonds is 6. The van der Waals surface area contributed by atoms with Gasteiger partial charge in [0.2, 0.25) is 0 Å². The molecule has 1 saturated heterocycles. The summed E-state index contributed by atoms with van der Waals surface area (Å²) in [5.41, 5.74) is 8.35. The van der Waals surface area contributed by atoms with Crippen molar-refractivity contribution in [1.29, 1.82) is 0 Å². The lowest BCUT2D eigenvalue weighted by Gasteiger charge is -2.32. The quantitative estimate of drug-likeness (QED) is 0.496. The van der Waals surface area contributed by atoms with Crippen LogP contribution in [-0.2, 0) is 20.4 Å². The fourth-order valence-electron chi connectivity index (χ4n) is 4.13. The van der Waals surface area contributed by atoms with Gasteiger partial charge in [-0.3, -0.25) is 0 Å². The van der Waals surface area contributed by atoms with Gasteiger partial charge in [-0.1, -0.05) is 11.8 Å². The summed E-state index contributed by atoms with van der Waals surface area (Å²) in [5, 5.41) is 10.4. The summed E-state index contributed by atoms with van der Waals surface area (Å²) in [5.74, 6) is 7.35. The number of hydrogen-bond donors (Lipinski definition) is 3. The second kappa shape index (κ2) is 9.69. The van der Waals surface area contributed by atoms with Gasteiger partial charge >= 0.3 is 0 Å². The first-order valence-electron chi connectivity index (χ1n) is 12.2. The van der Waals surface area contributed by atoms with Crippen LogP contribution in [0.2, 0.25) is 0 Å². The number of nitrogens with one attached hydrogen (secondary N) is 2. The zero-order valence-electron chi connectivity index (χ0n) is 20.4. The third-order valence-corrected chi connectivity index (χ3v) is 8.33. The van der Waals surface area contributed by atoms with Crippen molar-refractivity contribution in [2.45, 2.75) is 56.5 Å². The van der Waals surface area contributed by atoms with Gasteiger partial charge in [-0.2, -0.15) is 9.19 Å². The summed E-state index contributed by atoms with van der Waals surface area (Å²) in [6.45, 7) is 5.61. The van der Waals surface area contributed by atoms with Crippen LogP contribution in [0.1, 0.15) is 45.2 Å². The highest BCUT2D eigenvalue weighted by atomic mass is 32.2. The van der Waals surface area contributed by atoms with E-state index in [0.717, 1.165) is 41.4 Å². The molecule has 3 aliphatic rings. The zero-order valence-corrected chi connectivity index (χ0v) is 21.3. The maximum absolute atomic E-state index is 12.5. The van der Waals surface area contributed by atoms with Crippen LogP contribution >= 0.6 is 0 Å². The summed E-state index contributed by atoms with van der Waals surface area (Å²) in [6, 6.07) is 1.91. The fraction of sp³-hybridized carbons (Fsp3) is 0.480. The van der Waals surface area contributed by atoms with Gasteiger partial charge in [0.15, 0.2) is 11.5 Å². The van der Waals surface area contributed by atoms with Crippen molar-refractivity contribution in [2.75, 3.05) is 13.2 Å². The van der Waals surface area contributed by atoms with E-state index in [1.165, 1.54) is 12.4 Å². The van der Waals surface area contributed by atoms with Crippen molar-refractivity contribution >= 4 is 10.0 Å². The van der Waals surface area contributed by atoms with Gasteiger partial charge in [0.05, 0.1) is 40.2 Å².